The second-order valence-corrected chi connectivity index (χ2v) is 3.99. The van der Waals surface area contributed by atoms with E-state index in [9.17, 15) is 0 Å². The van der Waals surface area contributed by atoms with Crippen LogP contribution >= 0.6 is 0 Å². The van der Waals surface area contributed by atoms with Gasteiger partial charge in [0.2, 0.25) is 0 Å². The van der Waals surface area contributed by atoms with Gasteiger partial charge in [0.1, 0.15) is 0 Å². The number of hydrogen-bond acceptors (Lipinski definition) is 1. The van der Waals surface area contributed by atoms with E-state index >= 15 is 0 Å². The first kappa shape index (κ1) is 12.7. The van der Waals surface area contributed by atoms with Crippen LogP contribution in [0, 0.1) is 11.3 Å². The van der Waals surface area contributed by atoms with Gasteiger partial charge < -0.3 is 0 Å². The van der Waals surface area contributed by atoms with E-state index in [4.69, 9.17) is 5.26 Å². The van der Waals surface area contributed by atoms with Crippen molar-refractivity contribution in [2.24, 2.45) is 0 Å². The molecule has 0 aliphatic heterocycles. The molecule has 13 heavy (non-hydrogen) atoms. The molecule has 3 radical (unpaired) electrons. The summed E-state index contributed by atoms with van der Waals surface area (Å²) in [5.74, 6) is 0. The Labute approximate surface area is 86.0 Å². The van der Waals surface area contributed by atoms with Crippen molar-refractivity contribution in [2.75, 3.05) is 0 Å². The molecule has 0 amide bonds. The minimum absolute atomic E-state index is 0.739. The predicted molar refractivity (Wildman–Crippen MR) is 57.7 cm³/mol. The number of hydrogen-bond donors (Lipinski definition) is 0. The van der Waals surface area contributed by atoms with E-state index in [1.165, 1.54) is 44.9 Å². The average Bonchev–Trinajstić information content (AvgIpc) is 2.16. The summed E-state index contributed by atoms with van der Waals surface area (Å²) in [6, 6.07) is 3.32. The number of nitrogens with zero attached hydrogens (tertiary/aromatic N) is 1. The molecule has 2 heteroatoms. The largest absolute Gasteiger partial charge is 0.198 e. The van der Waals surface area contributed by atoms with Gasteiger partial charge in [-0.15, -0.1) is 0 Å². The minimum Gasteiger partial charge on any atom is -0.198 e. The van der Waals surface area contributed by atoms with E-state index in [2.05, 4.69) is 16.3 Å². The van der Waals surface area contributed by atoms with Crippen molar-refractivity contribution < 1.29 is 0 Å². The first-order chi connectivity index (χ1) is 6.41. The molecule has 0 heterocycles. The number of rotatable bonds is 9. The SMILES string of the molecule is N#CCCCCCCCCCC[Si]. The monoisotopic (exact) mass is 194 g/mol. The van der Waals surface area contributed by atoms with Gasteiger partial charge in [0, 0.05) is 16.7 Å². The maximum atomic E-state index is 8.31. The highest BCUT2D eigenvalue weighted by atomic mass is 28.1. The van der Waals surface area contributed by atoms with Crippen LogP contribution in [-0.2, 0) is 0 Å². The van der Waals surface area contributed by atoms with Crippen molar-refractivity contribution in [3.63, 3.8) is 0 Å². The second-order valence-electron chi connectivity index (χ2n) is 3.49. The Kier molecular flexibility index (Phi) is 11.4. The molecule has 0 saturated carbocycles. The van der Waals surface area contributed by atoms with Gasteiger partial charge in [-0.1, -0.05) is 51.0 Å². The van der Waals surface area contributed by atoms with Crippen LogP contribution in [0.5, 0.6) is 0 Å². The third-order valence-electron chi connectivity index (χ3n) is 2.22. The molecule has 0 aromatic heterocycles. The summed E-state index contributed by atoms with van der Waals surface area (Å²) in [5, 5.41) is 8.31. The van der Waals surface area contributed by atoms with Gasteiger partial charge in [-0.05, 0) is 6.42 Å². The van der Waals surface area contributed by atoms with Crippen LogP contribution in [0.25, 0.3) is 0 Å². The van der Waals surface area contributed by atoms with Gasteiger partial charge in [0.15, 0.2) is 0 Å². The van der Waals surface area contributed by atoms with Crippen LogP contribution < -0.4 is 0 Å². The molecule has 1 nitrogen and oxygen atoms in total. The maximum absolute atomic E-state index is 8.31. The van der Waals surface area contributed by atoms with Crippen molar-refractivity contribution >= 4 is 10.2 Å². The highest BCUT2D eigenvalue weighted by Gasteiger charge is 1.91. The van der Waals surface area contributed by atoms with E-state index in [1.807, 2.05) is 0 Å². The maximum Gasteiger partial charge on any atom is 0.0621 e. The van der Waals surface area contributed by atoms with Crippen LogP contribution in [0.2, 0.25) is 6.04 Å². The fourth-order valence-electron chi connectivity index (χ4n) is 1.39. The highest BCUT2D eigenvalue weighted by Crippen LogP contribution is 2.09. The Morgan fingerprint density at radius 1 is 0.769 bits per heavy atom. The quantitative estimate of drug-likeness (QED) is 0.406. The Balaban J connectivity index is 2.80. The molecule has 0 rings (SSSR count). The summed E-state index contributed by atoms with van der Waals surface area (Å²) in [4.78, 5) is 0. The summed E-state index contributed by atoms with van der Waals surface area (Å²) in [5.41, 5.74) is 0. The van der Waals surface area contributed by atoms with Crippen molar-refractivity contribution in [1.82, 2.24) is 0 Å². The van der Waals surface area contributed by atoms with Gasteiger partial charge in [0.25, 0.3) is 0 Å². The average molecular weight is 194 g/mol. The Morgan fingerprint density at radius 2 is 1.23 bits per heavy atom. The van der Waals surface area contributed by atoms with Gasteiger partial charge >= 0.3 is 0 Å². The van der Waals surface area contributed by atoms with Gasteiger partial charge in [-0.25, -0.2) is 0 Å². The molecule has 0 saturated heterocycles. The van der Waals surface area contributed by atoms with E-state index in [-0.39, 0.29) is 0 Å². The minimum atomic E-state index is 0.739. The molecule has 0 aliphatic rings. The van der Waals surface area contributed by atoms with Crippen LogP contribution in [0.1, 0.15) is 57.8 Å². The fraction of sp³-hybridized carbons (Fsp3) is 0.909. The van der Waals surface area contributed by atoms with Gasteiger partial charge in [-0.2, -0.15) is 5.26 Å². The molecular weight excluding hydrogens is 174 g/mol. The third kappa shape index (κ3) is 11.7. The molecule has 0 fully saturated rings. The van der Waals surface area contributed by atoms with Crippen LogP contribution in [0.15, 0.2) is 0 Å². The van der Waals surface area contributed by atoms with Crippen LogP contribution in [-0.4, -0.2) is 10.2 Å². The lowest BCUT2D eigenvalue weighted by molar-refractivity contribution is 0.578. The lowest BCUT2D eigenvalue weighted by Gasteiger charge is -1.99. The normalized spacial score (nSPS) is 9.85. The van der Waals surface area contributed by atoms with Gasteiger partial charge in [-0.3, -0.25) is 0 Å². The first-order valence-corrected chi connectivity index (χ1v) is 6.14. The molecule has 73 valence electrons. The topological polar surface area (TPSA) is 23.8 Å². The van der Waals surface area contributed by atoms with Crippen LogP contribution in [0.4, 0.5) is 0 Å². The van der Waals surface area contributed by atoms with E-state index in [0.717, 1.165) is 18.9 Å². The fourth-order valence-corrected chi connectivity index (χ4v) is 1.64. The molecule has 0 atom stereocenters. The van der Waals surface area contributed by atoms with Crippen molar-refractivity contribution in [2.45, 2.75) is 63.8 Å². The molecule has 0 aromatic rings. The Bertz CT molecular complexity index is 129. The molecular formula is C11H20NSi. The van der Waals surface area contributed by atoms with E-state index in [1.54, 1.807) is 0 Å². The summed E-state index contributed by atoms with van der Waals surface area (Å²) < 4.78 is 0. The summed E-state index contributed by atoms with van der Waals surface area (Å²) in [6.07, 6.45) is 11.2. The van der Waals surface area contributed by atoms with E-state index < -0.39 is 0 Å². The molecule has 0 spiro atoms. The van der Waals surface area contributed by atoms with Crippen LogP contribution in [0.3, 0.4) is 0 Å². The lowest BCUT2D eigenvalue weighted by Crippen LogP contribution is -1.81. The lowest BCUT2D eigenvalue weighted by atomic mass is 10.1. The van der Waals surface area contributed by atoms with Crippen molar-refractivity contribution in [3.05, 3.63) is 0 Å². The molecule has 0 N–H and O–H groups in total. The molecule has 0 unspecified atom stereocenters. The zero-order valence-electron chi connectivity index (χ0n) is 8.52. The van der Waals surface area contributed by atoms with Crippen molar-refractivity contribution in [3.8, 4) is 6.07 Å². The van der Waals surface area contributed by atoms with Gasteiger partial charge in [0.05, 0.1) is 6.07 Å². The molecule has 0 bridgehead atoms. The first-order valence-electron chi connectivity index (χ1n) is 5.43. The summed E-state index contributed by atoms with van der Waals surface area (Å²) >= 11 is 0. The third-order valence-corrected chi connectivity index (χ3v) is 2.57. The smallest absolute Gasteiger partial charge is 0.0621 e. The Morgan fingerprint density at radius 3 is 1.69 bits per heavy atom. The molecule has 0 aromatic carbocycles. The highest BCUT2D eigenvalue weighted by molar-refractivity contribution is 6.08. The van der Waals surface area contributed by atoms with Crippen molar-refractivity contribution in [1.29, 1.82) is 5.26 Å². The van der Waals surface area contributed by atoms with E-state index in [0.29, 0.717) is 0 Å². The Hall–Kier alpha value is -0.293. The zero-order valence-corrected chi connectivity index (χ0v) is 9.52. The summed E-state index contributed by atoms with van der Waals surface area (Å²) in [6.45, 7) is 0. The number of nitriles is 1. The predicted octanol–water partition coefficient (Wildman–Crippen LogP) is 3.61. The standard InChI is InChI=1S/C11H20NSi/c12-10-8-6-4-2-1-3-5-7-9-11-13/h1-9,11H2. The number of unbranched alkanes of at least 4 members (excludes halogenated alkanes) is 8. The molecule has 0 aliphatic carbocycles. The second kappa shape index (κ2) is 11.7. The summed E-state index contributed by atoms with van der Waals surface area (Å²) in [7, 11) is 3.47. The zero-order chi connectivity index (χ0) is 9.78.